The van der Waals surface area contributed by atoms with Crippen molar-refractivity contribution in [3.8, 4) is 11.5 Å². The van der Waals surface area contributed by atoms with Gasteiger partial charge in [0, 0.05) is 31.6 Å². The van der Waals surface area contributed by atoms with Crippen molar-refractivity contribution in [2.24, 2.45) is 0 Å². The van der Waals surface area contributed by atoms with Gasteiger partial charge in [0.2, 0.25) is 0 Å². The monoisotopic (exact) mass is 438 g/mol. The first-order valence-electron chi connectivity index (χ1n) is 11.0. The molecule has 32 heavy (non-hydrogen) atoms. The first kappa shape index (κ1) is 22.0. The summed E-state index contributed by atoms with van der Waals surface area (Å²) in [4.78, 5) is 19.1. The molecule has 0 saturated carbocycles. The number of amides is 1. The van der Waals surface area contributed by atoms with Crippen LogP contribution in [0.4, 0.5) is 4.79 Å². The Morgan fingerprint density at radius 3 is 2.66 bits per heavy atom. The highest BCUT2D eigenvalue weighted by Crippen LogP contribution is 2.35. The Labute approximate surface area is 188 Å². The van der Waals surface area contributed by atoms with Crippen LogP contribution < -0.4 is 14.8 Å². The van der Waals surface area contributed by atoms with E-state index < -0.39 is 6.09 Å². The quantitative estimate of drug-likeness (QED) is 0.553. The van der Waals surface area contributed by atoms with Gasteiger partial charge >= 0.3 is 6.09 Å². The molecule has 1 N–H and O–H groups in total. The summed E-state index contributed by atoms with van der Waals surface area (Å²) in [7, 11) is 4.14. The van der Waals surface area contributed by atoms with Crippen LogP contribution in [0.25, 0.3) is 11.0 Å². The normalized spacial score (nSPS) is 12.8. The minimum absolute atomic E-state index is 0.251. The van der Waals surface area contributed by atoms with E-state index in [1.807, 2.05) is 42.5 Å². The van der Waals surface area contributed by atoms with Crippen LogP contribution in [0.2, 0.25) is 0 Å². The predicted octanol–water partition coefficient (Wildman–Crippen LogP) is 3.23. The number of hydrogen-bond acceptors (Lipinski definition) is 6. The van der Waals surface area contributed by atoms with Crippen LogP contribution in [0.5, 0.6) is 11.5 Å². The zero-order valence-corrected chi connectivity index (χ0v) is 18.7. The molecule has 0 bridgehead atoms. The first-order chi connectivity index (χ1) is 15.6. The second kappa shape index (κ2) is 10.4. The predicted molar refractivity (Wildman–Crippen MR) is 122 cm³/mol. The van der Waals surface area contributed by atoms with Gasteiger partial charge in [-0.15, -0.1) is 0 Å². The van der Waals surface area contributed by atoms with E-state index in [1.54, 1.807) is 0 Å². The lowest BCUT2D eigenvalue weighted by atomic mass is 10.2. The van der Waals surface area contributed by atoms with E-state index in [0.29, 0.717) is 26.2 Å². The van der Waals surface area contributed by atoms with Crippen molar-refractivity contribution >= 4 is 17.1 Å². The topological polar surface area (TPSA) is 77.9 Å². The number of imidazole rings is 1. The first-order valence-corrected chi connectivity index (χ1v) is 11.0. The average molecular weight is 439 g/mol. The van der Waals surface area contributed by atoms with Crippen LogP contribution in [0, 0.1) is 0 Å². The zero-order valence-electron chi connectivity index (χ0n) is 18.7. The number of carbonyl (C=O) groups excluding carboxylic acids is 1. The summed E-state index contributed by atoms with van der Waals surface area (Å²) in [5.41, 5.74) is 2.86. The highest BCUT2D eigenvalue weighted by atomic mass is 16.6. The molecule has 0 spiro atoms. The fourth-order valence-corrected chi connectivity index (χ4v) is 3.75. The third-order valence-electron chi connectivity index (χ3n) is 5.31. The second-order valence-electron chi connectivity index (χ2n) is 8.06. The molecule has 2 heterocycles. The summed E-state index contributed by atoms with van der Waals surface area (Å²) in [6.07, 6.45) is 1.16. The van der Waals surface area contributed by atoms with E-state index in [2.05, 4.69) is 28.9 Å². The molecule has 0 saturated heterocycles. The molecule has 0 fully saturated rings. The number of carbonyl (C=O) groups is 1. The van der Waals surface area contributed by atoms with Crippen LogP contribution in [-0.4, -0.2) is 60.9 Å². The van der Waals surface area contributed by atoms with E-state index in [9.17, 15) is 4.79 Å². The van der Waals surface area contributed by atoms with E-state index >= 15 is 0 Å². The van der Waals surface area contributed by atoms with Gasteiger partial charge in [0.15, 0.2) is 11.5 Å². The van der Waals surface area contributed by atoms with Crippen LogP contribution in [0.3, 0.4) is 0 Å². The summed E-state index contributed by atoms with van der Waals surface area (Å²) in [5, 5.41) is 2.83. The molecule has 8 heteroatoms. The number of aromatic nitrogens is 2. The number of aryl methyl sites for hydroxylation is 1. The van der Waals surface area contributed by atoms with Crippen molar-refractivity contribution in [1.29, 1.82) is 0 Å². The van der Waals surface area contributed by atoms with Gasteiger partial charge in [0.05, 0.1) is 11.0 Å². The molecule has 1 amide bonds. The van der Waals surface area contributed by atoms with Gasteiger partial charge in [0.25, 0.3) is 0 Å². The second-order valence-corrected chi connectivity index (χ2v) is 8.06. The van der Waals surface area contributed by atoms with Crippen molar-refractivity contribution < 1.29 is 19.0 Å². The SMILES string of the molecule is CN(C)CCCn1c(CCNC(=O)OCc2ccccc2)nc2cc3c(cc21)OCCO3. The molecule has 8 nitrogen and oxygen atoms in total. The number of ether oxygens (including phenoxy) is 3. The number of hydrogen-bond donors (Lipinski definition) is 1. The molecule has 0 radical (unpaired) electrons. The van der Waals surface area contributed by atoms with Gasteiger partial charge in [0.1, 0.15) is 25.6 Å². The van der Waals surface area contributed by atoms with E-state index in [0.717, 1.165) is 53.4 Å². The van der Waals surface area contributed by atoms with E-state index in [-0.39, 0.29) is 6.61 Å². The fraction of sp³-hybridized carbons (Fsp3) is 0.417. The highest BCUT2D eigenvalue weighted by Gasteiger charge is 2.18. The van der Waals surface area contributed by atoms with Crippen molar-refractivity contribution in [2.45, 2.75) is 26.0 Å². The van der Waals surface area contributed by atoms with Gasteiger partial charge < -0.3 is 29.0 Å². The maximum absolute atomic E-state index is 12.1. The van der Waals surface area contributed by atoms with Gasteiger partial charge in [-0.05, 0) is 32.6 Å². The molecule has 0 atom stereocenters. The number of benzene rings is 2. The van der Waals surface area contributed by atoms with Crippen molar-refractivity contribution in [2.75, 3.05) is 40.4 Å². The molecular weight excluding hydrogens is 408 g/mol. The van der Waals surface area contributed by atoms with Crippen molar-refractivity contribution in [3.63, 3.8) is 0 Å². The summed E-state index contributed by atoms with van der Waals surface area (Å²) in [5.74, 6) is 2.41. The third-order valence-corrected chi connectivity index (χ3v) is 5.31. The molecule has 1 aliphatic heterocycles. The summed E-state index contributed by atoms with van der Waals surface area (Å²) >= 11 is 0. The van der Waals surface area contributed by atoms with Crippen LogP contribution in [-0.2, 0) is 24.3 Å². The maximum atomic E-state index is 12.1. The van der Waals surface area contributed by atoms with Gasteiger partial charge in [-0.3, -0.25) is 0 Å². The Hall–Kier alpha value is -3.26. The standard InChI is InChI=1S/C24H30N4O4/c1-27(2)11-6-12-28-20-16-22-21(30-13-14-31-22)15-19(20)26-23(28)9-10-25-24(29)32-17-18-7-4-3-5-8-18/h3-5,7-8,15-16H,6,9-14,17H2,1-2H3,(H,25,29). The molecule has 1 aliphatic rings. The summed E-state index contributed by atoms with van der Waals surface area (Å²) < 4.78 is 19.0. The van der Waals surface area contributed by atoms with Crippen LogP contribution >= 0.6 is 0 Å². The number of fused-ring (bicyclic) bond motifs is 2. The summed E-state index contributed by atoms with van der Waals surface area (Å²) in [6, 6.07) is 13.6. The number of alkyl carbamates (subject to hydrolysis) is 1. The molecule has 2 aromatic carbocycles. The molecular formula is C24H30N4O4. The molecule has 0 unspecified atom stereocenters. The minimum atomic E-state index is -0.429. The lowest BCUT2D eigenvalue weighted by Gasteiger charge is -2.18. The minimum Gasteiger partial charge on any atom is -0.486 e. The number of rotatable bonds is 9. The summed E-state index contributed by atoms with van der Waals surface area (Å²) in [6.45, 7) is 3.60. The maximum Gasteiger partial charge on any atom is 0.407 e. The Bertz CT molecular complexity index is 1050. The van der Waals surface area contributed by atoms with Gasteiger partial charge in [-0.1, -0.05) is 30.3 Å². The van der Waals surface area contributed by atoms with Gasteiger partial charge in [-0.25, -0.2) is 9.78 Å². The van der Waals surface area contributed by atoms with Crippen LogP contribution in [0.15, 0.2) is 42.5 Å². The van der Waals surface area contributed by atoms with Gasteiger partial charge in [-0.2, -0.15) is 0 Å². The lowest BCUT2D eigenvalue weighted by Crippen LogP contribution is -2.27. The average Bonchev–Trinajstić information content (AvgIpc) is 3.13. The Kier molecular flexibility index (Phi) is 7.11. The smallest absolute Gasteiger partial charge is 0.407 e. The molecule has 4 rings (SSSR count). The van der Waals surface area contributed by atoms with Crippen molar-refractivity contribution in [3.05, 3.63) is 53.9 Å². The fourth-order valence-electron chi connectivity index (χ4n) is 3.75. The zero-order chi connectivity index (χ0) is 22.3. The van der Waals surface area contributed by atoms with E-state index in [4.69, 9.17) is 19.2 Å². The Morgan fingerprint density at radius 2 is 1.91 bits per heavy atom. The molecule has 1 aromatic heterocycles. The van der Waals surface area contributed by atoms with E-state index in [1.165, 1.54) is 0 Å². The highest BCUT2D eigenvalue weighted by molar-refractivity contribution is 5.81. The number of nitrogens with one attached hydrogen (secondary N) is 1. The van der Waals surface area contributed by atoms with Crippen molar-refractivity contribution in [1.82, 2.24) is 19.8 Å². The Morgan fingerprint density at radius 1 is 1.16 bits per heavy atom. The van der Waals surface area contributed by atoms with Crippen LogP contribution in [0.1, 0.15) is 17.8 Å². The third kappa shape index (κ3) is 5.50. The molecule has 3 aromatic rings. The largest absolute Gasteiger partial charge is 0.486 e. The number of nitrogens with zero attached hydrogens (tertiary/aromatic N) is 3. The molecule has 0 aliphatic carbocycles. The lowest BCUT2D eigenvalue weighted by molar-refractivity contribution is 0.139. The molecule has 170 valence electrons. The Balaban J connectivity index is 1.42.